The first-order valence-corrected chi connectivity index (χ1v) is 4.87. The Hall–Kier alpha value is -2.44. The lowest BCUT2D eigenvalue weighted by atomic mass is 10.3. The van der Waals surface area contributed by atoms with Gasteiger partial charge in [0.25, 0.3) is 0 Å². The number of carboxylic acid groups (broad SMARTS) is 1. The maximum Gasteiger partial charge on any atom is 0.341 e. The van der Waals surface area contributed by atoms with Crippen molar-refractivity contribution < 1.29 is 14.6 Å². The lowest BCUT2D eigenvalue weighted by molar-refractivity contribution is -0.139. The summed E-state index contributed by atoms with van der Waals surface area (Å²) in [7, 11) is 0. The first-order chi connectivity index (χ1) is 8.18. The molecule has 0 amide bonds. The van der Waals surface area contributed by atoms with Crippen molar-refractivity contribution in [2.24, 2.45) is 0 Å². The van der Waals surface area contributed by atoms with Crippen molar-refractivity contribution >= 4 is 5.97 Å². The number of rotatable bonds is 4. The minimum Gasteiger partial charge on any atom is -0.480 e. The molecule has 1 N–H and O–H groups in total. The number of aryl methyl sites for hydroxylation is 1. The van der Waals surface area contributed by atoms with Crippen molar-refractivity contribution in [2.45, 2.75) is 6.92 Å². The van der Waals surface area contributed by atoms with E-state index < -0.39 is 12.6 Å². The number of hydrogen-bond acceptors (Lipinski definition) is 5. The van der Waals surface area contributed by atoms with Crippen LogP contribution in [0.4, 0.5) is 0 Å². The zero-order valence-electron chi connectivity index (χ0n) is 9.07. The number of nitrogens with zero attached hydrogens (tertiary/aromatic N) is 4. The minimum absolute atomic E-state index is 0.405. The zero-order valence-corrected chi connectivity index (χ0v) is 9.07. The van der Waals surface area contributed by atoms with Crippen LogP contribution in [0.3, 0.4) is 0 Å². The monoisotopic (exact) mass is 234 g/mol. The summed E-state index contributed by atoms with van der Waals surface area (Å²) in [6.45, 7) is 1.34. The van der Waals surface area contributed by atoms with Crippen LogP contribution >= 0.6 is 0 Å². The van der Waals surface area contributed by atoms with Crippen LogP contribution in [-0.4, -0.2) is 37.9 Å². The molecule has 88 valence electrons. The van der Waals surface area contributed by atoms with Crippen LogP contribution in [-0.2, 0) is 4.79 Å². The van der Waals surface area contributed by atoms with E-state index in [-0.39, 0.29) is 0 Å². The maximum absolute atomic E-state index is 10.5. The van der Waals surface area contributed by atoms with Crippen LogP contribution in [0.5, 0.6) is 5.75 Å². The molecule has 0 radical (unpaired) electrons. The van der Waals surface area contributed by atoms with E-state index in [0.29, 0.717) is 17.3 Å². The van der Waals surface area contributed by atoms with Crippen LogP contribution in [0.2, 0.25) is 0 Å². The summed E-state index contributed by atoms with van der Waals surface area (Å²) in [6, 6.07) is 6.96. The molecule has 2 rings (SSSR count). The lowest BCUT2D eigenvalue weighted by Crippen LogP contribution is -2.11. The molecule has 1 aromatic heterocycles. The maximum atomic E-state index is 10.5. The van der Waals surface area contributed by atoms with Gasteiger partial charge in [0.1, 0.15) is 11.4 Å². The number of carboxylic acids is 1. The van der Waals surface area contributed by atoms with E-state index in [9.17, 15) is 4.79 Å². The molecule has 1 aromatic carbocycles. The van der Waals surface area contributed by atoms with E-state index in [1.54, 1.807) is 31.2 Å². The minimum atomic E-state index is -1.03. The van der Waals surface area contributed by atoms with E-state index in [1.807, 2.05) is 0 Å². The van der Waals surface area contributed by atoms with Crippen molar-refractivity contribution in [1.82, 2.24) is 20.2 Å². The first-order valence-electron chi connectivity index (χ1n) is 4.87. The molecule has 0 aliphatic heterocycles. The number of benzene rings is 1. The number of aromatic nitrogens is 4. The summed E-state index contributed by atoms with van der Waals surface area (Å²) in [5, 5.41) is 19.7. The summed E-state index contributed by atoms with van der Waals surface area (Å²) in [5.41, 5.74) is 0.608. The number of ether oxygens (including phenoxy) is 1. The zero-order chi connectivity index (χ0) is 12.3. The predicted molar refractivity (Wildman–Crippen MR) is 57.0 cm³/mol. The van der Waals surface area contributed by atoms with Crippen LogP contribution in [0.1, 0.15) is 5.82 Å². The number of para-hydroxylation sites is 2. The molecular formula is C10H10N4O3. The van der Waals surface area contributed by atoms with E-state index in [4.69, 9.17) is 9.84 Å². The molecule has 0 aliphatic rings. The molecule has 2 aromatic rings. The molecule has 17 heavy (non-hydrogen) atoms. The standard InChI is InChI=1S/C10H10N4O3/c1-7-11-12-13-14(7)8-4-2-3-5-9(8)17-6-10(15)16/h2-5H,6H2,1H3,(H,15,16). The molecule has 0 spiro atoms. The highest BCUT2D eigenvalue weighted by atomic mass is 16.5. The van der Waals surface area contributed by atoms with Gasteiger partial charge in [-0.15, -0.1) is 5.10 Å². The SMILES string of the molecule is Cc1nnnn1-c1ccccc1OCC(=O)O. The lowest BCUT2D eigenvalue weighted by Gasteiger charge is -2.09. The second kappa shape index (κ2) is 4.60. The normalized spacial score (nSPS) is 10.2. The van der Waals surface area contributed by atoms with Crippen LogP contribution in [0.25, 0.3) is 5.69 Å². The van der Waals surface area contributed by atoms with E-state index in [2.05, 4.69) is 15.5 Å². The molecule has 0 unspecified atom stereocenters. The van der Waals surface area contributed by atoms with Crippen LogP contribution in [0.15, 0.2) is 24.3 Å². The average Bonchev–Trinajstić information content (AvgIpc) is 2.73. The van der Waals surface area contributed by atoms with Crippen molar-refractivity contribution in [1.29, 1.82) is 0 Å². The van der Waals surface area contributed by atoms with Gasteiger partial charge in [-0.1, -0.05) is 12.1 Å². The highest BCUT2D eigenvalue weighted by Crippen LogP contribution is 2.21. The Labute approximate surface area is 96.6 Å². The fourth-order valence-electron chi connectivity index (χ4n) is 1.35. The molecule has 0 fully saturated rings. The number of carbonyl (C=O) groups is 1. The summed E-state index contributed by atoms with van der Waals surface area (Å²) >= 11 is 0. The Balaban J connectivity index is 2.34. The van der Waals surface area contributed by atoms with Crippen molar-refractivity contribution in [3.63, 3.8) is 0 Å². The molecule has 0 saturated carbocycles. The highest BCUT2D eigenvalue weighted by Gasteiger charge is 2.10. The number of aliphatic carboxylic acids is 1. The molecule has 7 nitrogen and oxygen atoms in total. The predicted octanol–water partition coefficient (Wildman–Crippen LogP) is 0.434. The first kappa shape index (κ1) is 11.1. The molecule has 0 aliphatic carbocycles. The Morgan fingerprint density at radius 3 is 2.88 bits per heavy atom. The van der Waals surface area contributed by atoms with Gasteiger partial charge in [-0.05, 0) is 29.5 Å². The number of tetrazole rings is 1. The Bertz CT molecular complexity index is 538. The number of hydrogen-bond donors (Lipinski definition) is 1. The summed E-state index contributed by atoms with van der Waals surface area (Å²) in [6.07, 6.45) is 0. The third-order valence-corrected chi connectivity index (χ3v) is 2.07. The molecular weight excluding hydrogens is 224 g/mol. The van der Waals surface area contributed by atoms with Gasteiger partial charge in [0, 0.05) is 0 Å². The van der Waals surface area contributed by atoms with Gasteiger partial charge in [-0.25, -0.2) is 4.79 Å². The van der Waals surface area contributed by atoms with E-state index in [0.717, 1.165) is 0 Å². The Morgan fingerprint density at radius 2 is 2.24 bits per heavy atom. The molecule has 0 atom stereocenters. The molecule has 7 heteroatoms. The van der Waals surface area contributed by atoms with Gasteiger partial charge < -0.3 is 9.84 Å². The Kier molecular flexibility index (Phi) is 2.99. The Morgan fingerprint density at radius 1 is 1.47 bits per heavy atom. The molecule has 0 bridgehead atoms. The fourth-order valence-corrected chi connectivity index (χ4v) is 1.35. The second-order valence-electron chi connectivity index (χ2n) is 3.29. The van der Waals surface area contributed by atoms with Gasteiger partial charge in [0.2, 0.25) is 0 Å². The molecule has 1 heterocycles. The van der Waals surface area contributed by atoms with Gasteiger partial charge in [-0.3, -0.25) is 0 Å². The van der Waals surface area contributed by atoms with Crippen molar-refractivity contribution in [2.75, 3.05) is 6.61 Å². The van der Waals surface area contributed by atoms with Gasteiger partial charge in [0.05, 0.1) is 0 Å². The van der Waals surface area contributed by atoms with Gasteiger partial charge in [0.15, 0.2) is 12.4 Å². The second-order valence-corrected chi connectivity index (χ2v) is 3.29. The summed E-state index contributed by atoms with van der Waals surface area (Å²) < 4.78 is 6.64. The third-order valence-electron chi connectivity index (χ3n) is 2.07. The largest absolute Gasteiger partial charge is 0.480 e. The highest BCUT2D eigenvalue weighted by molar-refractivity contribution is 5.68. The third kappa shape index (κ3) is 2.39. The van der Waals surface area contributed by atoms with Crippen LogP contribution < -0.4 is 4.74 Å². The van der Waals surface area contributed by atoms with E-state index in [1.165, 1.54) is 4.68 Å². The van der Waals surface area contributed by atoms with Crippen molar-refractivity contribution in [3.8, 4) is 11.4 Å². The smallest absolute Gasteiger partial charge is 0.341 e. The topological polar surface area (TPSA) is 90.1 Å². The van der Waals surface area contributed by atoms with Gasteiger partial charge in [-0.2, -0.15) is 4.68 Å². The average molecular weight is 234 g/mol. The molecule has 0 saturated heterocycles. The summed E-state index contributed by atoms with van der Waals surface area (Å²) in [5.74, 6) is -0.0186. The van der Waals surface area contributed by atoms with Gasteiger partial charge >= 0.3 is 5.97 Å². The van der Waals surface area contributed by atoms with Crippen molar-refractivity contribution in [3.05, 3.63) is 30.1 Å². The van der Waals surface area contributed by atoms with Crippen LogP contribution in [0, 0.1) is 6.92 Å². The fraction of sp³-hybridized carbons (Fsp3) is 0.200. The van der Waals surface area contributed by atoms with E-state index >= 15 is 0 Å². The quantitative estimate of drug-likeness (QED) is 0.825. The summed E-state index contributed by atoms with van der Waals surface area (Å²) in [4.78, 5) is 10.5.